The lowest BCUT2D eigenvalue weighted by atomic mass is 10.6. The number of carbonyl (C=O) groups is 2. The topological polar surface area (TPSA) is 85.1 Å². The number of aromatic nitrogens is 1. The maximum Gasteiger partial charge on any atom is 0.241 e. The summed E-state index contributed by atoms with van der Waals surface area (Å²) in [5.74, 6) is 0.130. The fourth-order valence-corrected chi connectivity index (χ4v) is 2.40. The van der Waals surface area contributed by atoms with E-state index < -0.39 is 0 Å². The first-order valence-corrected chi connectivity index (χ1v) is 6.85. The molecule has 1 aromatic heterocycles. The highest BCUT2D eigenvalue weighted by Gasteiger charge is 2.05. The van der Waals surface area contributed by atoms with Crippen LogP contribution in [-0.4, -0.2) is 28.4 Å². The molecular weight excluding hydrogens is 270 g/mol. The molecule has 1 aromatic rings. The van der Waals surface area contributed by atoms with E-state index in [9.17, 15) is 9.59 Å². The first kappa shape index (κ1) is 13.3. The SMILES string of the molecule is NC(=O)CSCc1csc(NC(=O)CCl)n1. The molecule has 0 spiro atoms. The highest BCUT2D eigenvalue weighted by atomic mass is 35.5. The Morgan fingerprint density at radius 2 is 2.38 bits per heavy atom. The molecule has 0 saturated carbocycles. The molecule has 0 unspecified atom stereocenters. The third kappa shape index (κ3) is 4.82. The van der Waals surface area contributed by atoms with E-state index in [1.807, 2.05) is 5.38 Å². The van der Waals surface area contributed by atoms with Gasteiger partial charge in [-0.15, -0.1) is 34.7 Å². The number of primary amides is 1. The van der Waals surface area contributed by atoms with Crippen molar-refractivity contribution in [2.24, 2.45) is 5.73 Å². The quantitative estimate of drug-likeness (QED) is 0.762. The number of alkyl halides is 1. The van der Waals surface area contributed by atoms with Crippen molar-refractivity contribution in [3.63, 3.8) is 0 Å². The number of anilines is 1. The van der Waals surface area contributed by atoms with E-state index in [0.29, 0.717) is 10.9 Å². The smallest absolute Gasteiger partial charge is 0.241 e. The molecule has 0 aromatic carbocycles. The van der Waals surface area contributed by atoms with Crippen molar-refractivity contribution in [2.75, 3.05) is 16.9 Å². The van der Waals surface area contributed by atoms with Crippen LogP contribution in [0.3, 0.4) is 0 Å². The highest BCUT2D eigenvalue weighted by Crippen LogP contribution is 2.19. The van der Waals surface area contributed by atoms with Gasteiger partial charge in [0.15, 0.2) is 5.13 Å². The van der Waals surface area contributed by atoms with Gasteiger partial charge in [0.25, 0.3) is 0 Å². The number of rotatable bonds is 6. The van der Waals surface area contributed by atoms with Gasteiger partial charge in [0.2, 0.25) is 11.8 Å². The number of nitrogens with zero attached hydrogens (tertiary/aromatic N) is 1. The second-order valence-electron chi connectivity index (χ2n) is 2.78. The number of nitrogens with two attached hydrogens (primary N) is 1. The molecule has 0 aliphatic carbocycles. The molecule has 0 radical (unpaired) electrons. The van der Waals surface area contributed by atoms with Gasteiger partial charge in [0, 0.05) is 11.1 Å². The molecule has 1 rings (SSSR count). The van der Waals surface area contributed by atoms with Crippen molar-refractivity contribution in [3.05, 3.63) is 11.1 Å². The lowest BCUT2D eigenvalue weighted by Crippen LogP contribution is -2.13. The predicted molar refractivity (Wildman–Crippen MR) is 66.8 cm³/mol. The van der Waals surface area contributed by atoms with Crippen LogP contribution < -0.4 is 11.1 Å². The fourth-order valence-electron chi connectivity index (χ4n) is 0.840. The van der Waals surface area contributed by atoms with E-state index in [1.165, 1.54) is 23.1 Å². The van der Waals surface area contributed by atoms with Crippen molar-refractivity contribution < 1.29 is 9.59 Å². The van der Waals surface area contributed by atoms with Gasteiger partial charge in [-0.3, -0.25) is 9.59 Å². The lowest BCUT2D eigenvalue weighted by molar-refractivity contribution is -0.115. The van der Waals surface area contributed by atoms with Gasteiger partial charge in [-0.05, 0) is 0 Å². The van der Waals surface area contributed by atoms with Crippen LogP contribution in [-0.2, 0) is 15.3 Å². The van der Waals surface area contributed by atoms with Crippen LogP contribution in [0.1, 0.15) is 5.69 Å². The zero-order chi connectivity index (χ0) is 12.0. The van der Waals surface area contributed by atoms with Crippen LogP contribution in [0.25, 0.3) is 0 Å². The second kappa shape index (κ2) is 6.72. The molecule has 2 amide bonds. The second-order valence-corrected chi connectivity index (χ2v) is 4.90. The average Bonchev–Trinajstić information content (AvgIpc) is 2.65. The van der Waals surface area contributed by atoms with Gasteiger partial charge < -0.3 is 11.1 Å². The van der Waals surface area contributed by atoms with E-state index in [1.54, 1.807) is 0 Å². The Hall–Kier alpha value is -0.790. The number of halogens is 1. The van der Waals surface area contributed by atoms with Crippen LogP contribution in [0.15, 0.2) is 5.38 Å². The molecule has 5 nitrogen and oxygen atoms in total. The molecule has 0 aliphatic heterocycles. The molecule has 0 atom stereocenters. The summed E-state index contributed by atoms with van der Waals surface area (Å²) in [4.78, 5) is 25.6. The van der Waals surface area contributed by atoms with Gasteiger partial charge >= 0.3 is 0 Å². The minimum absolute atomic E-state index is 0.0919. The Bertz CT molecular complexity index is 383. The first-order chi connectivity index (χ1) is 7.61. The molecule has 1 heterocycles. The van der Waals surface area contributed by atoms with Crippen LogP contribution in [0.4, 0.5) is 5.13 Å². The van der Waals surface area contributed by atoms with Gasteiger partial charge in [-0.1, -0.05) is 0 Å². The fraction of sp³-hybridized carbons (Fsp3) is 0.375. The summed E-state index contributed by atoms with van der Waals surface area (Å²) in [5, 5.41) is 4.88. The van der Waals surface area contributed by atoms with E-state index in [2.05, 4.69) is 10.3 Å². The molecule has 88 valence electrons. The van der Waals surface area contributed by atoms with Gasteiger partial charge in [-0.2, -0.15) is 0 Å². The van der Waals surface area contributed by atoms with Crippen molar-refractivity contribution >= 4 is 51.6 Å². The summed E-state index contributed by atoms with van der Waals surface area (Å²) in [7, 11) is 0. The highest BCUT2D eigenvalue weighted by molar-refractivity contribution is 7.99. The minimum atomic E-state index is -0.351. The standard InChI is InChI=1S/C8H10ClN3O2S2/c9-1-7(14)12-8-11-5(3-16-8)2-15-4-6(10)13/h3H,1-2,4H2,(H2,10,13)(H,11,12,14). The van der Waals surface area contributed by atoms with E-state index >= 15 is 0 Å². The molecule has 0 aliphatic rings. The normalized spacial score (nSPS) is 10.1. The third-order valence-corrected chi connectivity index (χ3v) is 3.45. The van der Waals surface area contributed by atoms with E-state index in [0.717, 1.165) is 5.69 Å². The van der Waals surface area contributed by atoms with Crippen LogP contribution >= 0.6 is 34.7 Å². The summed E-state index contributed by atoms with van der Waals surface area (Å²) < 4.78 is 0. The van der Waals surface area contributed by atoms with Crippen LogP contribution in [0.2, 0.25) is 0 Å². The summed E-state index contributed by atoms with van der Waals surface area (Å²) in [6, 6.07) is 0. The number of hydrogen-bond acceptors (Lipinski definition) is 5. The van der Waals surface area contributed by atoms with E-state index in [4.69, 9.17) is 17.3 Å². The number of thiazole rings is 1. The summed E-state index contributed by atoms with van der Waals surface area (Å²) in [6.07, 6.45) is 0. The number of thioether (sulfide) groups is 1. The van der Waals surface area contributed by atoms with Gasteiger partial charge in [-0.25, -0.2) is 4.98 Å². The predicted octanol–water partition coefficient (Wildman–Crippen LogP) is 1.04. The van der Waals surface area contributed by atoms with Crippen molar-refractivity contribution in [2.45, 2.75) is 5.75 Å². The van der Waals surface area contributed by atoms with Gasteiger partial charge in [0.05, 0.1) is 11.4 Å². The maximum absolute atomic E-state index is 11.0. The maximum atomic E-state index is 11.0. The first-order valence-electron chi connectivity index (χ1n) is 4.28. The molecule has 0 fully saturated rings. The Balaban J connectivity index is 2.39. The summed E-state index contributed by atoms with van der Waals surface area (Å²) >= 11 is 8.04. The number of nitrogens with one attached hydrogen (secondary N) is 1. The third-order valence-electron chi connectivity index (χ3n) is 1.41. The lowest BCUT2D eigenvalue weighted by Gasteiger charge is -1.96. The molecular formula is C8H10ClN3O2S2. The van der Waals surface area contributed by atoms with Gasteiger partial charge in [0.1, 0.15) is 5.88 Å². The molecule has 3 N–H and O–H groups in total. The Morgan fingerprint density at radius 1 is 1.62 bits per heavy atom. The summed E-state index contributed by atoms with van der Waals surface area (Å²) in [5.41, 5.74) is 5.80. The number of hydrogen-bond donors (Lipinski definition) is 2. The van der Waals surface area contributed by atoms with E-state index in [-0.39, 0.29) is 23.4 Å². The zero-order valence-electron chi connectivity index (χ0n) is 8.23. The number of carbonyl (C=O) groups excluding carboxylic acids is 2. The van der Waals surface area contributed by atoms with Crippen molar-refractivity contribution in [3.8, 4) is 0 Å². The Labute approximate surface area is 106 Å². The van der Waals surface area contributed by atoms with Crippen molar-refractivity contribution in [1.29, 1.82) is 0 Å². The minimum Gasteiger partial charge on any atom is -0.369 e. The molecule has 0 bridgehead atoms. The Kier molecular flexibility index (Phi) is 5.58. The number of amides is 2. The van der Waals surface area contributed by atoms with Crippen LogP contribution in [0, 0.1) is 0 Å². The Morgan fingerprint density at radius 3 is 3.00 bits per heavy atom. The average molecular weight is 280 g/mol. The van der Waals surface area contributed by atoms with Crippen LogP contribution in [0.5, 0.6) is 0 Å². The largest absolute Gasteiger partial charge is 0.369 e. The molecule has 8 heteroatoms. The van der Waals surface area contributed by atoms with Crippen molar-refractivity contribution in [1.82, 2.24) is 4.98 Å². The summed E-state index contributed by atoms with van der Waals surface area (Å²) in [6.45, 7) is 0. The molecule has 16 heavy (non-hydrogen) atoms. The zero-order valence-corrected chi connectivity index (χ0v) is 10.6. The molecule has 0 saturated heterocycles. The monoisotopic (exact) mass is 279 g/mol.